The molecule has 0 fully saturated rings. The van der Waals surface area contributed by atoms with Crippen LogP contribution in [0, 0.1) is 5.41 Å². The van der Waals surface area contributed by atoms with E-state index >= 15 is 0 Å². The molecule has 18 heavy (non-hydrogen) atoms. The van der Waals surface area contributed by atoms with Crippen LogP contribution < -0.4 is 5.73 Å². The number of hydrogen-bond donors (Lipinski definition) is 1. The molecule has 1 aromatic heterocycles. The van der Waals surface area contributed by atoms with Gasteiger partial charge in [-0.1, -0.05) is 20.8 Å². The molecule has 102 valence electrons. The fourth-order valence-corrected chi connectivity index (χ4v) is 3.89. The highest BCUT2D eigenvalue weighted by Gasteiger charge is 2.47. The van der Waals surface area contributed by atoms with Gasteiger partial charge in [0.25, 0.3) is 0 Å². The van der Waals surface area contributed by atoms with Gasteiger partial charge in [0.1, 0.15) is 10.6 Å². The third-order valence-electron chi connectivity index (χ3n) is 3.47. The molecule has 4 heteroatoms. The molecule has 0 saturated carbocycles. The zero-order valence-electron chi connectivity index (χ0n) is 12.4. The Bertz CT molecular complexity index is 437. The molecule has 1 atom stereocenters. The predicted octanol–water partition coefficient (Wildman–Crippen LogP) is 3.69. The van der Waals surface area contributed by atoms with E-state index in [-0.39, 0.29) is 22.7 Å². The van der Waals surface area contributed by atoms with Gasteiger partial charge >= 0.3 is 0 Å². The predicted molar refractivity (Wildman–Crippen MR) is 75.6 cm³/mol. The van der Waals surface area contributed by atoms with Crippen molar-refractivity contribution in [1.82, 2.24) is 4.98 Å². The summed E-state index contributed by atoms with van der Waals surface area (Å²) in [4.78, 5) is 6.00. The van der Waals surface area contributed by atoms with Gasteiger partial charge < -0.3 is 10.5 Å². The van der Waals surface area contributed by atoms with Gasteiger partial charge in [0.05, 0.1) is 22.2 Å². The highest BCUT2D eigenvalue weighted by atomic mass is 32.1. The highest BCUT2D eigenvalue weighted by molar-refractivity contribution is 7.12. The van der Waals surface area contributed by atoms with Crippen molar-refractivity contribution in [3.05, 3.63) is 15.6 Å². The summed E-state index contributed by atoms with van der Waals surface area (Å²) in [6.45, 7) is 14.8. The minimum absolute atomic E-state index is 0.0281. The van der Waals surface area contributed by atoms with Crippen molar-refractivity contribution in [1.29, 1.82) is 0 Å². The summed E-state index contributed by atoms with van der Waals surface area (Å²) in [6, 6.07) is -0.0281. The number of fused-ring (bicyclic) bond motifs is 1. The number of aromatic nitrogens is 1. The molecule has 1 aliphatic heterocycles. The van der Waals surface area contributed by atoms with E-state index in [1.807, 2.05) is 0 Å². The lowest BCUT2D eigenvalue weighted by Crippen LogP contribution is -2.27. The van der Waals surface area contributed by atoms with Crippen molar-refractivity contribution in [2.45, 2.75) is 65.7 Å². The van der Waals surface area contributed by atoms with Crippen molar-refractivity contribution in [2.75, 3.05) is 0 Å². The van der Waals surface area contributed by atoms with E-state index < -0.39 is 0 Å². The molecule has 0 spiro atoms. The maximum atomic E-state index is 6.32. The number of rotatable bonds is 1. The number of ether oxygens (including phenoxy) is 1. The monoisotopic (exact) mass is 268 g/mol. The molecule has 1 aromatic rings. The van der Waals surface area contributed by atoms with Gasteiger partial charge in [0.2, 0.25) is 0 Å². The van der Waals surface area contributed by atoms with Crippen molar-refractivity contribution in [3.8, 4) is 0 Å². The molecular weight excluding hydrogens is 244 g/mol. The van der Waals surface area contributed by atoms with Crippen molar-refractivity contribution in [2.24, 2.45) is 11.1 Å². The Labute approximate surface area is 114 Å². The van der Waals surface area contributed by atoms with Gasteiger partial charge in [0, 0.05) is 0 Å². The first-order valence-corrected chi connectivity index (χ1v) is 7.24. The number of nitrogens with two attached hydrogens (primary N) is 1. The molecule has 0 amide bonds. The second-order valence-electron chi connectivity index (χ2n) is 7.20. The normalized spacial score (nSPS) is 22.9. The van der Waals surface area contributed by atoms with Crippen molar-refractivity contribution >= 4 is 11.3 Å². The lowest BCUT2D eigenvalue weighted by Gasteiger charge is -2.27. The summed E-state index contributed by atoms with van der Waals surface area (Å²) in [7, 11) is 0. The van der Waals surface area contributed by atoms with Crippen LogP contribution in [-0.4, -0.2) is 4.98 Å². The first-order chi connectivity index (χ1) is 7.95. The Balaban J connectivity index is 2.48. The van der Waals surface area contributed by atoms with E-state index in [2.05, 4.69) is 48.5 Å². The molecule has 2 rings (SSSR count). The van der Waals surface area contributed by atoms with Gasteiger partial charge in [-0.3, -0.25) is 0 Å². The van der Waals surface area contributed by atoms with Gasteiger partial charge in [-0.2, -0.15) is 0 Å². The number of nitrogens with zero attached hydrogens (tertiary/aromatic N) is 1. The van der Waals surface area contributed by atoms with E-state index in [4.69, 9.17) is 15.5 Å². The summed E-state index contributed by atoms with van der Waals surface area (Å²) < 4.78 is 6.07. The molecule has 1 aliphatic rings. The Morgan fingerprint density at radius 3 is 2.17 bits per heavy atom. The zero-order chi connectivity index (χ0) is 13.9. The molecule has 0 aromatic carbocycles. The minimum Gasteiger partial charge on any atom is -0.358 e. The smallest absolute Gasteiger partial charge is 0.111 e. The summed E-state index contributed by atoms with van der Waals surface area (Å²) in [5.41, 5.74) is 6.84. The van der Waals surface area contributed by atoms with E-state index in [9.17, 15) is 0 Å². The molecule has 0 saturated heterocycles. The van der Waals surface area contributed by atoms with E-state index in [0.29, 0.717) is 0 Å². The highest BCUT2D eigenvalue weighted by Crippen LogP contribution is 2.50. The molecule has 1 unspecified atom stereocenters. The minimum atomic E-state index is -0.314. The lowest BCUT2D eigenvalue weighted by atomic mass is 9.88. The Kier molecular flexibility index (Phi) is 2.93. The van der Waals surface area contributed by atoms with Crippen molar-refractivity contribution < 1.29 is 4.74 Å². The third kappa shape index (κ3) is 2.10. The molecule has 2 heterocycles. The second kappa shape index (κ2) is 3.78. The fraction of sp³-hybridized carbons (Fsp3) is 0.786. The topological polar surface area (TPSA) is 48.1 Å². The van der Waals surface area contributed by atoms with Gasteiger partial charge in [-0.05, 0) is 33.1 Å². The van der Waals surface area contributed by atoms with Gasteiger partial charge in [-0.15, -0.1) is 11.3 Å². The van der Waals surface area contributed by atoms with Gasteiger partial charge in [0.15, 0.2) is 0 Å². The maximum absolute atomic E-state index is 6.32. The zero-order valence-corrected chi connectivity index (χ0v) is 13.2. The van der Waals surface area contributed by atoms with Crippen LogP contribution >= 0.6 is 11.3 Å². The van der Waals surface area contributed by atoms with Crippen LogP contribution in [0.3, 0.4) is 0 Å². The third-order valence-corrected chi connectivity index (χ3v) is 4.91. The molecule has 3 nitrogen and oxygen atoms in total. The Morgan fingerprint density at radius 1 is 1.17 bits per heavy atom. The first-order valence-electron chi connectivity index (χ1n) is 6.42. The number of hydrogen-bond acceptors (Lipinski definition) is 4. The van der Waals surface area contributed by atoms with Crippen LogP contribution in [0.15, 0.2) is 0 Å². The van der Waals surface area contributed by atoms with Crippen LogP contribution in [0.2, 0.25) is 0 Å². The summed E-state index contributed by atoms with van der Waals surface area (Å²) in [5, 5.41) is 1.02. The van der Waals surface area contributed by atoms with E-state index in [0.717, 1.165) is 10.7 Å². The summed E-state index contributed by atoms with van der Waals surface area (Å²) >= 11 is 1.71. The van der Waals surface area contributed by atoms with E-state index in [1.54, 1.807) is 11.3 Å². The van der Waals surface area contributed by atoms with Crippen LogP contribution in [0.4, 0.5) is 0 Å². The average Bonchev–Trinajstić information content (AvgIpc) is 2.63. The Hall–Kier alpha value is -0.450. The summed E-state index contributed by atoms with van der Waals surface area (Å²) in [5.74, 6) is 0. The largest absolute Gasteiger partial charge is 0.358 e. The van der Waals surface area contributed by atoms with Crippen LogP contribution in [-0.2, 0) is 15.9 Å². The van der Waals surface area contributed by atoms with Crippen LogP contribution in [0.25, 0.3) is 0 Å². The van der Waals surface area contributed by atoms with Crippen LogP contribution in [0.1, 0.15) is 70.1 Å². The number of thiazole rings is 1. The molecule has 0 radical (unpaired) electrons. The van der Waals surface area contributed by atoms with Crippen LogP contribution in [0.5, 0.6) is 0 Å². The Morgan fingerprint density at radius 2 is 1.72 bits per heavy atom. The second-order valence-corrected chi connectivity index (χ2v) is 8.23. The quantitative estimate of drug-likeness (QED) is 0.845. The standard InChI is InChI=1S/C14H24N2OS/c1-12(2,3)8(15)11-16-9-10(18-11)14(6,7)17-13(9,4)5/h8H,15H2,1-7H3. The lowest BCUT2D eigenvalue weighted by molar-refractivity contribution is -0.105. The van der Waals surface area contributed by atoms with E-state index in [1.165, 1.54) is 4.88 Å². The SMILES string of the molecule is CC1(C)OC(C)(C)c2sc(C(N)C(C)(C)C)nc21. The first kappa shape index (κ1) is 14.0. The maximum Gasteiger partial charge on any atom is 0.111 e. The molecular formula is C14H24N2OS. The summed E-state index contributed by atoms with van der Waals surface area (Å²) in [6.07, 6.45) is 0. The molecule has 0 bridgehead atoms. The molecule has 2 N–H and O–H groups in total. The fourth-order valence-electron chi connectivity index (χ4n) is 2.39. The van der Waals surface area contributed by atoms with Gasteiger partial charge in [-0.25, -0.2) is 4.98 Å². The average molecular weight is 268 g/mol. The van der Waals surface area contributed by atoms with Crippen molar-refractivity contribution in [3.63, 3.8) is 0 Å². The molecule has 0 aliphatic carbocycles.